The van der Waals surface area contributed by atoms with Gasteiger partial charge in [0.2, 0.25) is 10.0 Å². The van der Waals surface area contributed by atoms with Gasteiger partial charge in [-0.15, -0.1) is 4.83 Å². The van der Waals surface area contributed by atoms with E-state index in [1.54, 1.807) is 0 Å². The number of amides is 1. The van der Waals surface area contributed by atoms with E-state index in [0.29, 0.717) is 12.8 Å². The largest absolute Gasteiger partial charge is 0.341 e. The predicted octanol–water partition coefficient (Wildman–Crippen LogP) is 2.58. The van der Waals surface area contributed by atoms with Crippen molar-refractivity contribution in [1.29, 1.82) is 0 Å². The smallest absolute Gasteiger partial charge is 0.267 e. The Bertz CT molecular complexity index is 1160. The molecule has 3 heterocycles. The first-order chi connectivity index (χ1) is 19.0. The number of sulfonamides is 1. The van der Waals surface area contributed by atoms with Crippen molar-refractivity contribution < 1.29 is 41.7 Å². The molecule has 3 saturated heterocycles. The minimum absolute atomic E-state index is 0.000688. The Morgan fingerprint density at radius 3 is 2.05 bits per heavy atom. The molecule has 2 spiro atoms. The number of Topliss-reactive ketones (excluding diaryl/α,β-unsaturated/α-hetero) is 1. The number of rotatable bonds is 5. The molecule has 4 saturated carbocycles. The normalized spacial score (nSPS) is 42.7. The molecule has 7 fully saturated rings. The van der Waals surface area contributed by atoms with Crippen molar-refractivity contribution in [2.75, 3.05) is 5.75 Å². The number of ether oxygens (including phenoxy) is 5. The van der Waals surface area contributed by atoms with Gasteiger partial charge in [0.15, 0.2) is 24.0 Å². The molecular weight excluding hydrogens is 540 g/mol. The Hall–Kier alpha value is -1.15. The van der Waals surface area contributed by atoms with Crippen LogP contribution in [0.15, 0.2) is 0 Å². The molecule has 1 amide bonds. The SMILES string of the molecule is CC1(C)C2CCC1(CS(=O)(=O)NNC(=O)C1OC3OC4(CCCCC4)OC3C3OC4(CCCCC4)OC13)C(=O)C2. The number of hydrogen-bond donors (Lipinski definition) is 2. The van der Waals surface area contributed by atoms with Crippen LogP contribution in [0.3, 0.4) is 0 Å². The van der Waals surface area contributed by atoms with E-state index >= 15 is 0 Å². The van der Waals surface area contributed by atoms with Gasteiger partial charge in [-0.3, -0.25) is 15.0 Å². The monoisotopic (exact) mass is 582 g/mol. The lowest BCUT2D eigenvalue weighted by Gasteiger charge is -2.37. The second kappa shape index (κ2) is 9.42. The van der Waals surface area contributed by atoms with Crippen LogP contribution in [0.4, 0.5) is 0 Å². The lowest BCUT2D eigenvalue weighted by Crippen LogP contribution is -2.61. The summed E-state index contributed by atoms with van der Waals surface area (Å²) in [5, 5.41) is 0. The third-order valence-corrected chi connectivity index (χ3v) is 12.6. The molecule has 224 valence electrons. The first-order valence-corrected chi connectivity index (χ1v) is 16.8. The highest BCUT2D eigenvalue weighted by Gasteiger charge is 2.67. The van der Waals surface area contributed by atoms with Gasteiger partial charge < -0.3 is 23.7 Å². The highest BCUT2D eigenvalue weighted by molar-refractivity contribution is 7.89. The van der Waals surface area contributed by atoms with Crippen LogP contribution < -0.4 is 10.3 Å². The van der Waals surface area contributed by atoms with Crippen LogP contribution in [0.1, 0.15) is 97.3 Å². The van der Waals surface area contributed by atoms with Crippen molar-refractivity contribution in [3.05, 3.63) is 0 Å². The number of hydrogen-bond acceptors (Lipinski definition) is 9. The highest BCUT2D eigenvalue weighted by Crippen LogP contribution is 2.64. The van der Waals surface area contributed by atoms with Crippen molar-refractivity contribution >= 4 is 21.7 Å². The van der Waals surface area contributed by atoms with Crippen LogP contribution >= 0.6 is 0 Å². The Labute approximate surface area is 235 Å². The van der Waals surface area contributed by atoms with E-state index in [0.717, 1.165) is 70.6 Å². The highest BCUT2D eigenvalue weighted by atomic mass is 32.2. The van der Waals surface area contributed by atoms with E-state index in [4.69, 9.17) is 23.7 Å². The zero-order valence-corrected chi connectivity index (χ0v) is 24.3. The van der Waals surface area contributed by atoms with Crippen LogP contribution in [-0.2, 0) is 43.3 Å². The fourth-order valence-electron chi connectivity index (χ4n) is 8.84. The molecule has 0 aromatic heterocycles. The molecule has 0 radical (unpaired) electrons. The third kappa shape index (κ3) is 4.23. The Morgan fingerprint density at radius 1 is 0.850 bits per heavy atom. The molecule has 7 rings (SSSR count). The first-order valence-electron chi connectivity index (χ1n) is 15.2. The number of carbonyl (C=O) groups is 2. The van der Waals surface area contributed by atoms with Crippen molar-refractivity contribution in [3.8, 4) is 0 Å². The minimum Gasteiger partial charge on any atom is -0.341 e. The quantitative estimate of drug-likeness (QED) is 0.469. The van der Waals surface area contributed by atoms with Gasteiger partial charge in [0.1, 0.15) is 24.1 Å². The Balaban J connectivity index is 1.08. The average Bonchev–Trinajstić information content (AvgIpc) is 3.57. The fourth-order valence-corrected chi connectivity index (χ4v) is 10.5. The summed E-state index contributed by atoms with van der Waals surface area (Å²) in [6.45, 7) is 3.97. The summed E-state index contributed by atoms with van der Waals surface area (Å²) >= 11 is 0. The molecule has 12 heteroatoms. The zero-order chi connectivity index (χ0) is 28.0. The van der Waals surface area contributed by atoms with Gasteiger partial charge in [-0.25, -0.2) is 8.42 Å². The maximum Gasteiger partial charge on any atom is 0.267 e. The third-order valence-electron chi connectivity index (χ3n) is 11.3. The Morgan fingerprint density at radius 2 is 1.45 bits per heavy atom. The number of ketones is 1. The summed E-state index contributed by atoms with van der Waals surface area (Å²) in [6, 6.07) is 0. The first kappa shape index (κ1) is 27.7. The fraction of sp³-hybridized carbons (Fsp3) is 0.929. The molecule has 7 aliphatic rings. The van der Waals surface area contributed by atoms with Gasteiger partial charge in [0.05, 0.1) is 5.75 Å². The summed E-state index contributed by atoms with van der Waals surface area (Å²) in [6.07, 6.45) is 7.01. The molecule has 7 unspecified atom stereocenters. The standard InChI is InChI=1S/C28H42N2O9S/c1-25(2)17-9-14-26(25,18(31)15-17)16-40(33,34)30-29-23(32)21-19-20(37-27(36-19)10-5-3-6-11-27)22-24(35-21)39-28(38-22)12-7-4-8-13-28/h17,19-22,24,30H,3-16H2,1-2H3,(H,29,32). The summed E-state index contributed by atoms with van der Waals surface area (Å²) in [4.78, 5) is 28.7. The van der Waals surface area contributed by atoms with E-state index in [-0.39, 0.29) is 17.5 Å². The van der Waals surface area contributed by atoms with Gasteiger partial charge in [0.25, 0.3) is 5.91 Å². The van der Waals surface area contributed by atoms with Gasteiger partial charge >= 0.3 is 0 Å². The molecule has 11 nitrogen and oxygen atoms in total. The van der Waals surface area contributed by atoms with Gasteiger partial charge in [-0.05, 0) is 49.9 Å². The van der Waals surface area contributed by atoms with Crippen LogP contribution in [0.25, 0.3) is 0 Å². The van der Waals surface area contributed by atoms with Gasteiger partial charge in [-0.2, -0.15) is 0 Å². The Kier molecular flexibility index (Phi) is 6.52. The number of nitrogens with one attached hydrogen (secondary N) is 2. The molecule has 0 aromatic carbocycles. The van der Waals surface area contributed by atoms with E-state index in [9.17, 15) is 18.0 Å². The number of carbonyl (C=O) groups excluding carboxylic acids is 2. The van der Waals surface area contributed by atoms with Crippen LogP contribution in [0.5, 0.6) is 0 Å². The van der Waals surface area contributed by atoms with Crippen molar-refractivity contribution in [2.45, 2.75) is 140 Å². The van der Waals surface area contributed by atoms with E-state index in [1.165, 1.54) is 0 Å². The number of hydrazine groups is 1. The lowest BCUT2D eigenvalue weighted by molar-refractivity contribution is -0.247. The topological polar surface area (TPSA) is 138 Å². The second-order valence-electron chi connectivity index (χ2n) is 13.8. The van der Waals surface area contributed by atoms with E-state index in [2.05, 4.69) is 10.3 Å². The van der Waals surface area contributed by atoms with E-state index in [1.807, 2.05) is 13.8 Å². The summed E-state index contributed by atoms with van der Waals surface area (Å²) in [5.74, 6) is -2.40. The summed E-state index contributed by atoms with van der Waals surface area (Å²) in [5.41, 5.74) is 1.03. The van der Waals surface area contributed by atoms with Crippen molar-refractivity contribution in [3.63, 3.8) is 0 Å². The molecule has 2 bridgehead atoms. The maximum absolute atomic E-state index is 13.5. The van der Waals surface area contributed by atoms with E-state index < -0.39 is 69.0 Å². The van der Waals surface area contributed by atoms with Crippen LogP contribution in [0.2, 0.25) is 0 Å². The van der Waals surface area contributed by atoms with Crippen LogP contribution in [-0.4, -0.2) is 68.1 Å². The molecule has 40 heavy (non-hydrogen) atoms. The van der Waals surface area contributed by atoms with Crippen LogP contribution in [0, 0.1) is 16.7 Å². The second-order valence-corrected chi connectivity index (χ2v) is 15.5. The average molecular weight is 583 g/mol. The van der Waals surface area contributed by atoms with Crippen molar-refractivity contribution in [2.24, 2.45) is 16.7 Å². The molecule has 3 aliphatic heterocycles. The van der Waals surface area contributed by atoms with Crippen molar-refractivity contribution in [1.82, 2.24) is 10.3 Å². The molecule has 0 aromatic rings. The zero-order valence-electron chi connectivity index (χ0n) is 23.4. The predicted molar refractivity (Wildman–Crippen MR) is 140 cm³/mol. The summed E-state index contributed by atoms with van der Waals surface area (Å²) in [7, 11) is -4.02. The van der Waals surface area contributed by atoms with Gasteiger partial charge in [0, 0.05) is 37.5 Å². The maximum atomic E-state index is 13.5. The summed E-state index contributed by atoms with van der Waals surface area (Å²) < 4.78 is 58.5. The molecule has 7 atom stereocenters. The minimum atomic E-state index is -4.02. The molecule has 4 aliphatic carbocycles. The molecular formula is C28H42N2O9S. The van der Waals surface area contributed by atoms with Gasteiger partial charge in [-0.1, -0.05) is 26.7 Å². The lowest BCUT2D eigenvalue weighted by atomic mass is 9.70. The number of fused-ring (bicyclic) bond motifs is 5. The molecule has 2 N–H and O–H groups in total.